The van der Waals surface area contributed by atoms with Gasteiger partial charge in [0.25, 0.3) is 5.91 Å². The SMILES string of the molecule is Cn1ncnc1NC(=O)c1ccc(Cl)c(Br)c1. The monoisotopic (exact) mass is 314 g/mol. The minimum atomic E-state index is -0.265. The third-order valence-electron chi connectivity index (χ3n) is 2.12. The molecule has 1 heterocycles. The summed E-state index contributed by atoms with van der Waals surface area (Å²) in [6, 6.07) is 4.93. The first-order valence-corrected chi connectivity index (χ1v) is 5.85. The zero-order valence-electron chi connectivity index (χ0n) is 8.82. The molecule has 0 radical (unpaired) electrons. The van der Waals surface area contributed by atoms with Crippen molar-refractivity contribution < 1.29 is 4.79 Å². The summed E-state index contributed by atoms with van der Waals surface area (Å²) in [5.74, 6) is 0.125. The molecule has 0 atom stereocenters. The van der Waals surface area contributed by atoms with Crippen molar-refractivity contribution in [2.24, 2.45) is 7.05 Å². The number of hydrogen-bond acceptors (Lipinski definition) is 3. The van der Waals surface area contributed by atoms with E-state index in [0.717, 1.165) is 0 Å². The van der Waals surface area contributed by atoms with Gasteiger partial charge in [-0.3, -0.25) is 10.1 Å². The number of aromatic nitrogens is 3. The second-order valence-corrected chi connectivity index (χ2v) is 4.55. The summed E-state index contributed by atoms with van der Waals surface area (Å²) in [5, 5.41) is 7.05. The number of carbonyl (C=O) groups excluding carboxylic acids is 1. The Morgan fingerprint density at radius 3 is 2.88 bits per heavy atom. The molecule has 0 fully saturated rings. The maximum absolute atomic E-state index is 11.9. The fraction of sp³-hybridized carbons (Fsp3) is 0.100. The van der Waals surface area contributed by atoms with E-state index >= 15 is 0 Å². The fourth-order valence-corrected chi connectivity index (χ4v) is 1.72. The number of nitrogens with one attached hydrogen (secondary N) is 1. The average molecular weight is 316 g/mol. The first-order valence-electron chi connectivity index (χ1n) is 4.68. The van der Waals surface area contributed by atoms with Crippen molar-refractivity contribution in [1.82, 2.24) is 14.8 Å². The Balaban J connectivity index is 2.20. The number of rotatable bonds is 2. The smallest absolute Gasteiger partial charge is 0.258 e. The van der Waals surface area contributed by atoms with Crippen molar-refractivity contribution >= 4 is 39.4 Å². The largest absolute Gasteiger partial charge is 0.291 e. The molecule has 17 heavy (non-hydrogen) atoms. The van der Waals surface area contributed by atoms with Crippen molar-refractivity contribution in [3.63, 3.8) is 0 Å². The van der Waals surface area contributed by atoms with Crippen molar-refractivity contribution in [1.29, 1.82) is 0 Å². The van der Waals surface area contributed by atoms with Gasteiger partial charge in [0.2, 0.25) is 5.95 Å². The van der Waals surface area contributed by atoms with E-state index in [2.05, 4.69) is 31.3 Å². The third kappa shape index (κ3) is 2.65. The number of carbonyl (C=O) groups is 1. The summed E-state index contributed by atoms with van der Waals surface area (Å²) >= 11 is 9.11. The molecule has 0 bridgehead atoms. The summed E-state index contributed by atoms with van der Waals surface area (Å²) in [7, 11) is 1.69. The van der Waals surface area contributed by atoms with Crippen molar-refractivity contribution in [2.45, 2.75) is 0 Å². The van der Waals surface area contributed by atoms with Gasteiger partial charge in [-0.15, -0.1) is 0 Å². The van der Waals surface area contributed by atoms with Crippen LogP contribution in [-0.2, 0) is 7.05 Å². The Kier molecular flexibility index (Phi) is 3.44. The zero-order valence-corrected chi connectivity index (χ0v) is 11.2. The van der Waals surface area contributed by atoms with E-state index in [1.54, 1.807) is 25.2 Å². The van der Waals surface area contributed by atoms with Gasteiger partial charge >= 0.3 is 0 Å². The molecule has 1 aromatic heterocycles. The van der Waals surface area contributed by atoms with Gasteiger partial charge in [0, 0.05) is 17.1 Å². The Morgan fingerprint density at radius 1 is 1.53 bits per heavy atom. The normalized spacial score (nSPS) is 10.3. The van der Waals surface area contributed by atoms with Crippen LogP contribution in [0.3, 0.4) is 0 Å². The Hall–Kier alpha value is -1.40. The zero-order chi connectivity index (χ0) is 12.4. The van der Waals surface area contributed by atoms with Crippen LogP contribution in [0.4, 0.5) is 5.95 Å². The van der Waals surface area contributed by atoms with E-state index in [1.807, 2.05) is 0 Å². The standard InChI is InChI=1S/C10H8BrClN4O/c1-16-10(13-5-14-16)15-9(17)6-2-3-8(12)7(11)4-6/h2-5H,1H3,(H,13,14,15,17). The summed E-state index contributed by atoms with van der Waals surface area (Å²) < 4.78 is 2.15. The number of aryl methyl sites for hydroxylation is 1. The van der Waals surface area contributed by atoms with Crippen molar-refractivity contribution in [3.8, 4) is 0 Å². The molecule has 0 saturated carbocycles. The van der Waals surface area contributed by atoms with Gasteiger partial charge in [-0.05, 0) is 34.1 Å². The Bertz CT molecular complexity index is 569. The molecule has 7 heteroatoms. The van der Waals surface area contributed by atoms with Gasteiger partial charge in [-0.25, -0.2) is 4.68 Å². The van der Waals surface area contributed by atoms with Crippen LogP contribution >= 0.6 is 27.5 Å². The molecule has 2 rings (SSSR count). The number of amides is 1. The lowest BCUT2D eigenvalue weighted by Gasteiger charge is -2.04. The molecular formula is C10H8BrClN4O. The van der Waals surface area contributed by atoms with E-state index in [4.69, 9.17) is 11.6 Å². The molecule has 0 aliphatic rings. The highest BCUT2D eigenvalue weighted by atomic mass is 79.9. The molecule has 88 valence electrons. The van der Waals surface area contributed by atoms with Crippen LogP contribution in [0.15, 0.2) is 29.0 Å². The molecule has 2 aromatic rings. The van der Waals surface area contributed by atoms with Crippen molar-refractivity contribution in [3.05, 3.63) is 39.6 Å². The lowest BCUT2D eigenvalue weighted by molar-refractivity contribution is 0.102. The summed E-state index contributed by atoms with van der Waals surface area (Å²) in [5.41, 5.74) is 0.490. The molecule has 0 aliphatic heterocycles. The van der Waals surface area contributed by atoms with Crippen LogP contribution < -0.4 is 5.32 Å². The number of benzene rings is 1. The number of hydrogen-bond donors (Lipinski definition) is 1. The van der Waals surface area contributed by atoms with Crippen LogP contribution in [-0.4, -0.2) is 20.7 Å². The summed E-state index contributed by atoms with van der Waals surface area (Å²) in [6.07, 6.45) is 1.37. The third-order valence-corrected chi connectivity index (χ3v) is 3.33. The predicted octanol–water partition coefficient (Wildman–Crippen LogP) is 2.48. The molecule has 5 nitrogen and oxygen atoms in total. The highest BCUT2D eigenvalue weighted by Crippen LogP contribution is 2.23. The van der Waals surface area contributed by atoms with Crippen LogP contribution in [0.5, 0.6) is 0 Å². The molecule has 0 unspecified atom stereocenters. The molecule has 0 spiro atoms. The quantitative estimate of drug-likeness (QED) is 0.926. The first kappa shape index (κ1) is 12.1. The molecule has 1 amide bonds. The van der Waals surface area contributed by atoms with Crippen LogP contribution in [0.25, 0.3) is 0 Å². The average Bonchev–Trinajstić information content (AvgIpc) is 2.68. The molecule has 0 saturated heterocycles. The number of anilines is 1. The molecule has 0 aliphatic carbocycles. The van der Waals surface area contributed by atoms with Gasteiger partial charge < -0.3 is 0 Å². The topological polar surface area (TPSA) is 59.8 Å². The van der Waals surface area contributed by atoms with Crippen molar-refractivity contribution in [2.75, 3.05) is 5.32 Å². The minimum Gasteiger partial charge on any atom is -0.291 e. The van der Waals surface area contributed by atoms with E-state index in [1.165, 1.54) is 11.0 Å². The highest BCUT2D eigenvalue weighted by molar-refractivity contribution is 9.10. The second-order valence-electron chi connectivity index (χ2n) is 3.29. The van der Waals surface area contributed by atoms with Gasteiger partial charge in [-0.2, -0.15) is 10.1 Å². The van der Waals surface area contributed by atoms with Gasteiger partial charge in [0.1, 0.15) is 6.33 Å². The fourth-order valence-electron chi connectivity index (χ4n) is 1.22. The van der Waals surface area contributed by atoms with Gasteiger partial charge in [-0.1, -0.05) is 11.6 Å². The van der Waals surface area contributed by atoms with Gasteiger partial charge in [0.05, 0.1) is 5.02 Å². The lowest BCUT2D eigenvalue weighted by Crippen LogP contribution is -2.15. The van der Waals surface area contributed by atoms with E-state index in [-0.39, 0.29) is 5.91 Å². The van der Waals surface area contributed by atoms with Crippen LogP contribution in [0, 0.1) is 0 Å². The Morgan fingerprint density at radius 2 is 2.29 bits per heavy atom. The van der Waals surface area contributed by atoms with Crippen LogP contribution in [0.1, 0.15) is 10.4 Å². The minimum absolute atomic E-state index is 0.265. The maximum Gasteiger partial charge on any atom is 0.258 e. The van der Waals surface area contributed by atoms with E-state index in [9.17, 15) is 4.79 Å². The lowest BCUT2D eigenvalue weighted by atomic mass is 10.2. The number of halogens is 2. The predicted molar refractivity (Wildman–Crippen MR) is 68.1 cm³/mol. The summed E-state index contributed by atoms with van der Waals surface area (Å²) in [4.78, 5) is 15.8. The van der Waals surface area contributed by atoms with Crippen LogP contribution in [0.2, 0.25) is 5.02 Å². The maximum atomic E-state index is 11.9. The molecule has 1 aromatic carbocycles. The first-order chi connectivity index (χ1) is 8.08. The second kappa shape index (κ2) is 4.85. The molecule has 1 N–H and O–H groups in total. The van der Waals surface area contributed by atoms with Gasteiger partial charge in [0.15, 0.2) is 0 Å². The molecular weight excluding hydrogens is 307 g/mol. The van der Waals surface area contributed by atoms with E-state index < -0.39 is 0 Å². The van der Waals surface area contributed by atoms with E-state index in [0.29, 0.717) is 21.0 Å². The summed E-state index contributed by atoms with van der Waals surface area (Å²) in [6.45, 7) is 0. The number of nitrogens with zero attached hydrogens (tertiary/aromatic N) is 3. The Labute approximate surface area is 111 Å². The highest BCUT2D eigenvalue weighted by Gasteiger charge is 2.10.